The molecule has 0 heterocycles. The van der Waals surface area contributed by atoms with E-state index in [9.17, 15) is 19.2 Å². The lowest BCUT2D eigenvalue weighted by atomic mass is 10.1. The number of rotatable bonds is 9. The van der Waals surface area contributed by atoms with Gasteiger partial charge < -0.3 is 24.8 Å². The first-order valence-electron chi connectivity index (χ1n) is 12.5. The van der Waals surface area contributed by atoms with Gasteiger partial charge in [-0.3, -0.25) is 14.4 Å². The van der Waals surface area contributed by atoms with Gasteiger partial charge in [0.15, 0.2) is 11.5 Å². The summed E-state index contributed by atoms with van der Waals surface area (Å²) in [4.78, 5) is 50.1. The zero-order valence-corrected chi connectivity index (χ0v) is 22.6. The second-order valence-corrected chi connectivity index (χ2v) is 8.55. The highest BCUT2D eigenvalue weighted by atomic mass is 16.6. The van der Waals surface area contributed by atoms with Gasteiger partial charge in [-0.2, -0.15) is 5.10 Å². The summed E-state index contributed by atoms with van der Waals surface area (Å²) in [5, 5.41) is 8.97. The number of carbonyl (C=O) groups excluding carboxylic acids is 4. The monoisotopic (exact) mass is 566 g/mol. The first kappa shape index (κ1) is 29.0. The Balaban J connectivity index is 1.35. The number of hydrazone groups is 1. The van der Waals surface area contributed by atoms with Crippen molar-refractivity contribution >= 4 is 41.3 Å². The van der Waals surface area contributed by atoms with E-state index in [-0.39, 0.29) is 22.7 Å². The van der Waals surface area contributed by atoms with Crippen molar-refractivity contribution in [3.63, 3.8) is 0 Å². The minimum absolute atomic E-state index is 0.152. The lowest BCUT2D eigenvalue weighted by Crippen LogP contribution is -2.33. The van der Waals surface area contributed by atoms with Crippen molar-refractivity contribution in [2.45, 2.75) is 0 Å². The molecule has 4 rings (SSSR count). The Morgan fingerprint density at radius 1 is 0.714 bits per heavy atom. The van der Waals surface area contributed by atoms with E-state index in [1.54, 1.807) is 66.7 Å². The predicted octanol–water partition coefficient (Wildman–Crippen LogP) is 4.26. The Morgan fingerprint density at radius 3 is 2.14 bits per heavy atom. The number of nitrogens with zero attached hydrogens (tertiary/aromatic N) is 1. The molecular weight excluding hydrogens is 540 g/mol. The van der Waals surface area contributed by atoms with E-state index in [4.69, 9.17) is 14.2 Å². The number of benzene rings is 4. The zero-order chi connectivity index (χ0) is 29.9. The molecular formula is C31H26N4O7. The molecule has 0 aliphatic rings. The number of hydrogen-bond acceptors (Lipinski definition) is 8. The van der Waals surface area contributed by atoms with Gasteiger partial charge in [-0.15, -0.1) is 0 Å². The number of para-hydroxylation sites is 2. The number of ether oxygens (including phenoxy) is 3. The summed E-state index contributed by atoms with van der Waals surface area (Å²) in [5.41, 5.74) is 3.85. The third-order valence-corrected chi connectivity index (χ3v) is 5.75. The minimum atomic E-state index is -1.05. The average molecular weight is 567 g/mol. The van der Waals surface area contributed by atoms with Gasteiger partial charge in [0.2, 0.25) is 0 Å². The topological polar surface area (TPSA) is 144 Å². The number of hydrogen-bond donors (Lipinski definition) is 3. The summed E-state index contributed by atoms with van der Waals surface area (Å²) in [5.74, 6) is -2.10. The number of esters is 1. The van der Waals surface area contributed by atoms with E-state index >= 15 is 0 Å². The fourth-order valence-electron chi connectivity index (χ4n) is 3.64. The minimum Gasteiger partial charge on any atom is -0.497 e. The lowest BCUT2D eigenvalue weighted by Gasteiger charge is -2.11. The van der Waals surface area contributed by atoms with Crippen LogP contribution in [0.3, 0.4) is 0 Å². The summed E-state index contributed by atoms with van der Waals surface area (Å²) in [6.45, 7) is 0. The first-order chi connectivity index (χ1) is 20.4. The van der Waals surface area contributed by atoms with Crippen LogP contribution in [0.5, 0.6) is 17.2 Å². The van der Waals surface area contributed by atoms with Gasteiger partial charge in [0.05, 0.1) is 37.2 Å². The van der Waals surface area contributed by atoms with Crippen molar-refractivity contribution in [3.05, 3.63) is 114 Å². The second kappa shape index (κ2) is 13.9. The van der Waals surface area contributed by atoms with Crippen molar-refractivity contribution < 1.29 is 33.4 Å². The van der Waals surface area contributed by atoms with Gasteiger partial charge in [-0.1, -0.05) is 30.3 Å². The Bertz CT molecular complexity index is 1620. The molecule has 0 fully saturated rings. The van der Waals surface area contributed by atoms with Crippen LogP contribution >= 0.6 is 0 Å². The van der Waals surface area contributed by atoms with E-state index in [1.165, 1.54) is 44.7 Å². The molecule has 0 aliphatic carbocycles. The highest BCUT2D eigenvalue weighted by Gasteiger charge is 2.18. The van der Waals surface area contributed by atoms with Gasteiger partial charge in [0.1, 0.15) is 5.75 Å². The maximum absolute atomic E-state index is 12.7. The third kappa shape index (κ3) is 7.57. The Morgan fingerprint density at radius 2 is 1.43 bits per heavy atom. The number of carbonyl (C=O) groups is 4. The maximum Gasteiger partial charge on any atom is 0.343 e. The molecule has 11 heteroatoms. The zero-order valence-electron chi connectivity index (χ0n) is 22.6. The molecule has 3 N–H and O–H groups in total. The van der Waals surface area contributed by atoms with Crippen LogP contribution in [0.25, 0.3) is 0 Å². The lowest BCUT2D eigenvalue weighted by molar-refractivity contribution is -0.136. The van der Waals surface area contributed by atoms with Gasteiger partial charge in [-0.05, 0) is 72.3 Å². The van der Waals surface area contributed by atoms with Crippen molar-refractivity contribution in [1.82, 2.24) is 5.43 Å². The smallest absolute Gasteiger partial charge is 0.343 e. The molecule has 4 aromatic carbocycles. The predicted molar refractivity (Wildman–Crippen MR) is 156 cm³/mol. The van der Waals surface area contributed by atoms with Gasteiger partial charge in [0, 0.05) is 5.69 Å². The molecule has 0 aromatic heterocycles. The van der Waals surface area contributed by atoms with E-state index in [0.29, 0.717) is 22.6 Å². The van der Waals surface area contributed by atoms with E-state index in [0.717, 1.165) is 0 Å². The van der Waals surface area contributed by atoms with Crippen molar-refractivity contribution in [1.29, 1.82) is 0 Å². The Kier molecular flexibility index (Phi) is 9.60. The quantitative estimate of drug-likeness (QED) is 0.0903. The molecule has 0 radical (unpaired) electrons. The molecule has 0 saturated heterocycles. The largest absolute Gasteiger partial charge is 0.497 e. The van der Waals surface area contributed by atoms with E-state index in [2.05, 4.69) is 21.2 Å². The standard InChI is InChI=1S/C31H26N4O7/c1-40-23-15-13-21(14-16-23)31(39)42-26-17-12-20(18-27(26)41-2)19-32-35-30(38)29(37)34-25-11-7-6-10-24(25)28(36)33-22-8-4-3-5-9-22/h3-19H,1-2H3,(H,33,36)(H,34,37)(H,35,38)/b32-19-. The van der Waals surface area contributed by atoms with Crippen LogP contribution in [0.1, 0.15) is 26.3 Å². The second-order valence-electron chi connectivity index (χ2n) is 8.55. The fourth-order valence-corrected chi connectivity index (χ4v) is 3.64. The molecule has 11 nitrogen and oxygen atoms in total. The summed E-state index contributed by atoms with van der Waals surface area (Å²) < 4.78 is 15.8. The molecule has 0 saturated carbocycles. The van der Waals surface area contributed by atoms with E-state index < -0.39 is 23.7 Å². The molecule has 212 valence electrons. The highest BCUT2D eigenvalue weighted by molar-refractivity contribution is 6.40. The summed E-state index contributed by atoms with van der Waals surface area (Å²) in [7, 11) is 2.93. The van der Waals surface area contributed by atoms with Crippen LogP contribution in [0.15, 0.2) is 102 Å². The molecule has 0 atom stereocenters. The van der Waals surface area contributed by atoms with Crippen molar-refractivity contribution in [3.8, 4) is 17.2 Å². The Hall–Kier alpha value is -5.97. The van der Waals surface area contributed by atoms with Crippen LogP contribution in [0.4, 0.5) is 11.4 Å². The summed E-state index contributed by atoms with van der Waals surface area (Å²) >= 11 is 0. The van der Waals surface area contributed by atoms with Crippen molar-refractivity contribution in [2.24, 2.45) is 5.10 Å². The normalized spacial score (nSPS) is 10.4. The van der Waals surface area contributed by atoms with Crippen molar-refractivity contribution in [2.75, 3.05) is 24.9 Å². The van der Waals surface area contributed by atoms with E-state index in [1.807, 2.05) is 6.07 Å². The molecule has 0 aliphatic heterocycles. The van der Waals surface area contributed by atoms with Gasteiger partial charge >= 0.3 is 17.8 Å². The Labute approximate surface area is 241 Å². The van der Waals surface area contributed by atoms with Gasteiger partial charge in [-0.25, -0.2) is 10.2 Å². The number of methoxy groups -OCH3 is 2. The number of amides is 3. The van der Waals surface area contributed by atoms with Crippen LogP contribution in [0, 0.1) is 0 Å². The summed E-state index contributed by atoms with van der Waals surface area (Å²) in [6, 6.07) is 26.2. The van der Waals surface area contributed by atoms with Gasteiger partial charge in [0.25, 0.3) is 5.91 Å². The molecule has 4 aromatic rings. The number of nitrogens with one attached hydrogen (secondary N) is 3. The molecule has 3 amide bonds. The van der Waals surface area contributed by atoms with Crippen LogP contribution in [0.2, 0.25) is 0 Å². The maximum atomic E-state index is 12.7. The van der Waals surface area contributed by atoms with Crippen LogP contribution in [-0.4, -0.2) is 44.1 Å². The third-order valence-electron chi connectivity index (χ3n) is 5.75. The SMILES string of the molecule is COc1ccc(C(=O)Oc2ccc(/C=N\NC(=O)C(=O)Nc3ccccc3C(=O)Nc3ccccc3)cc2OC)cc1. The molecule has 0 unspecified atom stereocenters. The number of anilines is 2. The first-order valence-corrected chi connectivity index (χ1v) is 12.5. The molecule has 42 heavy (non-hydrogen) atoms. The molecule has 0 bridgehead atoms. The molecule has 0 spiro atoms. The highest BCUT2D eigenvalue weighted by Crippen LogP contribution is 2.28. The van der Waals surface area contributed by atoms with Crippen LogP contribution in [-0.2, 0) is 9.59 Å². The average Bonchev–Trinajstić information content (AvgIpc) is 3.02. The fraction of sp³-hybridized carbons (Fsp3) is 0.0645. The summed E-state index contributed by atoms with van der Waals surface area (Å²) in [6.07, 6.45) is 1.28. The van der Waals surface area contributed by atoms with Crippen LogP contribution < -0.4 is 30.3 Å².